The van der Waals surface area contributed by atoms with Gasteiger partial charge in [-0.05, 0) is 61.9 Å². The van der Waals surface area contributed by atoms with Gasteiger partial charge in [0.05, 0.1) is 6.04 Å². The second-order valence-corrected chi connectivity index (χ2v) is 9.60. The van der Waals surface area contributed by atoms with Gasteiger partial charge in [0.25, 0.3) is 0 Å². The first-order chi connectivity index (χ1) is 17.1. The lowest BCUT2D eigenvalue weighted by atomic mass is 10.0. The van der Waals surface area contributed by atoms with Gasteiger partial charge in [0, 0.05) is 12.2 Å². The van der Waals surface area contributed by atoms with Gasteiger partial charge in [0.15, 0.2) is 0 Å². The van der Waals surface area contributed by atoms with Crippen molar-refractivity contribution in [2.75, 3.05) is 24.3 Å². The molecule has 0 fully saturated rings. The molecular weight excluding hydrogens is 506 g/mol. The fraction of sp³-hybridized carbons (Fsp3) is 0.565. The van der Waals surface area contributed by atoms with Crippen molar-refractivity contribution in [3.63, 3.8) is 0 Å². The van der Waals surface area contributed by atoms with Gasteiger partial charge in [0.2, 0.25) is 17.7 Å². The number of benzene rings is 1. The number of carboxylic acid groups (broad SMARTS) is 1. The summed E-state index contributed by atoms with van der Waals surface area (Å²) in [5, 5.41) is 26.8. The SMILES string of the molecule is CSCCC(NC(=O)C(N)CS)C(=O)NC(Cc1ccc(O)cc1)C(=O)NC(CCCCN)C(=O)O. The fourth-order valence-electron chi connectivity index (χ4n) is 3.24. The number of nitrogens with two attached hydrogens (primary N) is 2. The second kappa shape index (κ2) is 17.1. The Morgan fingerprint density at radius 2 is 1.53 bits per heavy atom. The van der Waals surface area contributed by atoms with Crippen LogP contribution in [-0.4, -0.2) is 82.4 Å². The van der Waals surface area contributed by atoms with Crippen LogP contribution in [-0.2, 0) is 25.6 Å². The zero-order valence-corrected chi connectivity index (χ0v) is 22.0. The van der Waals surface area contributed by atoms with Crippen molar-refractivity contribution >= 4 is 48.1 Å². The number of thiol groups is 1. The third kappa shape index (κ3) is 11.5. The Morgan fingerprint density at radius 1 is 0.944 bits per heavy atom. The third-order valence-electron chi connectivity index (χ3n) is 5.35. The molecule has 0 aromatic heterocycles. The minimum absolute atomic E-state index is 0.0341. The van der Waals surface area contributed by atoms with E-state index < -0.39 is 47.9 Å². The number of aromatic hydroxyl groups is 1. The van der Waals surface area contributed by atoms with Crippen molar-refractivity contribution in [3.8, 4) is 5.75 Å². The summed E-state index contributed by atoms with van der Waals surface area (Å²) in [5.41, 5.74) is 11.8. The summed E-state index contributed by atoms with van der Waals surface area (Å²) in [7, 11) is 0. The molecule has 3 amide bonds. The minimum Gasteiger partial charge on any atom is -0.508 e. The molecule has 0 saturated carbocycles. The predicted molar refractivity (Wildman–Crippen MR) is 143 cm³/mol. The van der Waals surface area contributed by atoms with E-state index in [1.807, 2.05) is 6.26 Å². The Bertz CT molecular complexity index is 858. The lowest BCUT2D eigenvalue weighted by molar-refractivity contribution is -0.142. The summed E-state index contributed by atoms with van der Waals surface area (Å²) in [6.45, 7) is 0.403. The molecule has 1 rings (SSSR count). The van der Waals surface area contributed by atoms with Crippen LogP contribution in [0, 0.1) is 0 Å². The summed E-state index contributed by atoms with van der Waals surface area (Å²) < 4.78 is 0. The van der Waals surface area contributed by atoms with Gasteiger partial charge in [-0.2, -0.15) is 24.4 Å². The number of unbranched alkanes of at least 4 members (excludes halogenated alkanes) is 1. The Morgan fingerprint density at radius 3 is 2.08 bits per heavy atom. The molecule has 0 spiro atoms. The van der Waals surface area contributed by atoms with E-state index >= 15 is 0 Å². The molecule has 4 unspecified atom stereocenters. The van der Waals surface area contributed by atoms with Crippen LogP contribution >= 0.6 is 24.4 Å². The van der Waals surface area contributed by atoms with Crippen LogP contribution in [0.3, 0.4) is 0 Å². The number of rotatable bonds is 17. The summed E-state index contributed by atoms with van der Waals surface area (Å²) in [4.78, 5) is 50.2. The Balaban J connectivity index is 3.10. The van der Waals surface area contributed by atoms with E-state index in [-0.39, 0.29) is 24.3 Å². The van der Waals surface area contributed by atoms with Crippen molar-refractivity contribution in [2.24, 2.45) is 11.5 Å². The highest BCUT2D eigenvalue weighted by Gasteiger charge is 2.30. The topological polar surface area (TPSA) is 197 Å². The molecule has 0 bridgehead atoms. The fourth-order valence-corrected chi connectivity index (χ4v) is 3.88. The number of carbonyl (C=O) groups excluding carboxylic acids is 3. The molecule has 0 aliphatic rings. The average Bonchev–Trinajstić information content (AvgIpc) is 2.85. The molecule has 0 aliphatic carbocycles. The second-order valence-electron chi connectivity index (χ2n) is 8.25. The monoisotopic (exact) mass is 543 g/mol. The lowest BCUT2D eigenvalue weighted by Gasteiger charge is -2.25. The zero-order valence-electron chi connectivity index (χ0n) is 20.3. The van der Waals surface area contributed by atoms with Crippen molar-refractivity contribution < 1.29 is 29.4 Å². The van der Waals surface area contributed by atoms with E-state index in [0.717, 1.165) is 0 Å². The van der Waals surface area contributed by atoms with Crippen molar-refractivity contribution in [2.45, 2.75) is 56.3 Å². The van der Waals surface area contributed by atoms with Gasteiger partial charge < -0.3 is 37.6 Å². The molecule has 4 atom stereocenters. The number of carbonyl (C=O) groups is 4. The van der Waals surface area contributed by atoms with Crippen LogP contribution in [0.1, 0.15) is 31.2 Å². The summed E-state index contributed by atoms with van der Waals surface area (Å²) in [6, 6.07) is 1.94. The van der Waals surface area contributed by atoms with Crippen LogP contribution in [0.25, 0.3) is 0 Å². The Hall–Kier alpha value is -2.48. The van der Waals surface area contributed by atoms with E-state index in [1.165, 1.54) is 23.9 Å². The quantitative estimate of drug-likeness (QED) is 0.0953. The Kier molecular flexibility index (Phi) is 14.9. The van der Waals surface area contributed by atoms with Crippen LogP contribution in [0.15, 0.2) is 24.3 Å². The van der Waals surface area contributed by atoms with Gasteiger partial charge >= 0.3 is 5.97 Å². The van der Waals surface area contributed by atoms with Crippen LogP contribution in [0.4, 0.5) is 0 Å². The molecule has 11 nitrogen and oxygen atoms in total. The van der Waals surface area contributed by atoms with Crippen molar-refractivity contribution in [1.82, 2.24) is 16.0 Å². The minimum atomic E-state index is -1.19. The zero-order chi connectivity index (χ0) is 27.1. The van der Waals surface area contributed by atoms with E-state index in [2.05, 4.69) is 28.6 Å². The number of hydrogen-bond acceptors (Lipinski definition) is 9. The summed E-state index contributed by atoms with van der Waals surface area (Å²) in [6.07, 6.45) is 3.49. The van der Waals surface area contributed by atoms with Gasteiger partial charge in [-0.25, -0.2) is 4.79 Å². The number of phenols is 1. The largest absolute Gasteiger partial charge is 0.508 e. The maximum atomic E-state index is 13.1. The molecule has 9 N–H and O–H groups in total. The van der Waals surface area contributed by atoms with Crippen LogP contribution in [0.5, 0.6) is 5.75 Å². The number of nitrogens with one attached hydrogen (secondary N) is 3. The number of aliphatic carboxylic acids is 1. The molecule has 0 heterocycles. The van der Waals surface area contributed by atoms with E-state index in [1.54, 1.807) is 12.1 Å². The molecular formula is C23H37N5O6S2. The summed E-state index contributed by atoms with van der Waals surface area (Å²) >= 11 is 5.49. The molecule has 1 aromatic carbocycles. The van der Waals surface area contributed by atoms with Gasteiger partial charge in [-0.1, -0.05) is 12.1 Å². The molecule has 0 radical (unpaired) electrons. The highest BCUT2D eigenvalue weighted by atomic mass is 32.2. The molecule has 1 aromatic rings. The number of phenolic OH excluding ortho intramolecular Hbond substituents is 1. The van der Waals surface area contributed by atoms with Gasteiger partial charge in [-0.15, -0.1) is 0 Å². The summed E-state index contributed by atoms with van der Waals surface area (Å²) in [5.74, 6) is -2.33. The first-order valence-electron chi connectivity index (χ1n) is 11.6. The predicted octanol–water partition coefficient (Wildman–Crippen LogP) is -0.387. The van der Waals surface area contributed by atoms with E-state index in [0.29, 0.717) is 37.1 Å². The average molecular weight is 544 g/mol. The Labute approximate surface area is 220 Å². The highest BCUT2D eigenvalue weighted by Crippen LogP contribution is 2.13. The number of hydrogen-bond donors (Lipinski definition) is 8. The number of amides is 3. The first kappa shape index (κ1) is 31.5. The maximum Gasteiger partial charge on any atom is 0.326 e. The molecule has 13 heteroatoms. The van der Waals surface area contributed by atoms with E-state index in [4.69, 9.17) is 11.5 Å². The maximum absolute atomic E-state index is 13.1. The normalized spacial score (nSPS) is 14.2. The van der Waals surface area contributed by atoms with E-state index in [9.17, 15) is 29.4 Å². The lowest BCUT2D eigenvalue weighted by Crippen LogP contribution is -2.57. The smallest absolute Gasteiger partial charge is 0.326 e. The van der Waals surface area contributed by atoms with Gasteiger partial charge in [-0.3, -0.25) is 14.4 Å². The first-order valence-corrected chi connectivity index (χ1v) is 13.6. The van der Waals surface area contributed by atoms with Crippen LogP contribution < -0.4 is 27.4 Å². The molecule has 36 heavy (non-hydrogen) atoms. The molecule has 202 valence electrons. The van der Waals surface area contributed by atoms with Crippen molar-refractivity contribution in [1.29, 1.82) is 0 Å². The standard InChI is InChI=1S/C23H37N5O6S2/c1-36-11-9-17(26-20(30)16(25)13-35)21(31)28-19(12-14-5-7-15(29)8-6-14)22(32)27-18(23(33)34)4-2-3-10-24/h5-8,16-19,29,35H,2-4,9-13,24-25H2,1H3,(H,26,30)(H,27,32)(H,28,31)(H,33,34). The van der Waals surface area contributed by atoms with Crippen LogP contribution in [0.2, 0.25) is 0 Å². The third-order valence-corrected chi connectivity index (χ3v) is 6.39. The van der Waals surface area contributed by atoms with Gasteiger partial charge in [0.1, 0.15) is 23.9 Å². The van der Waals surface area contributed by atoms with Crippen molar-refractivity contribution in [3.05, 3.63) is 29.8 Å². The molecule has 0 saturated heterocycles. The molecule has 0 aliphatic heterocycles. The number of carboxylic acids is 1. The number of thioether (sulfide) groups is 1. The highest BCUT2D eigenvalue weighted by molar-refractivity contribution is 7.98.